The molecule has 2 aromatic rings. The van der Waals surface area contributed by atoms with Crippen molar-refractivity contribution in [2.24, 2.45) is 5.92 Å². The molecule has 1 saturated heterocycles. The number of benzene rings is 2. The second-order valence-corrected chi connectivity index (χ2v) is 6.70. The first-order chi connectivity index (χ1) is 12.5. The molecule has 1 fully saturated rings. The van der Waals surface area contributed by atoms with Gasteiger partial charge in [-0.15, -0.1) is 0 Å². The zero-order valence-electron chi connectivity index (χ0n) is 15.4. The van der Waals surface area contributed by atoms with Crippen LogP contribution in [0.4, 0.5) is 11.4 Å². The molecular weight excluding hydrogens is 328 g/mol. The number of aryl methyl sites for hydroxylation is 2. The highest BCUT2D eigenvalue weighted by molar-refractivity contribution is 6.03. The third-order valence-corrected chi connectivity index (χ3v) is 4.45. The van der Waals surface area contributed by atoms with Crippen LogP contribution < -0.4 is 15.0 Å². The highest BCUT2D eigenvalue weighted by Gasteiger charge is 2.35. The zero-order chi connectivity index (χ0) is 18.7. The van der Waals surface area contributed by atoms with E-state index in [1.807, 2.05) is 45.0 Å². The molecule has 1 aliphatic rings. The lowest BCUT2D eigenvalue weighted by Gasteiger charge is -2.18. The van der Waals surface area contributed by atoms with E-state index in [0.29, 0.717) is 18.8 Å². The quantitative estimate of drug-likeness (QED) is 0.893. The molecule has 0 bridgehead atoms. The molecule has 26 heavy (non-hydrogen) atoms. The number of nitrogens with one attached hydrogen (secondary N) is 1. The van der Waals surface area contributed by atoms with Gasteiger partial charge in [-0.3, -0.25) is 9.59 Å². The van der Waals surface area contributed by atoms with Crippen molar-refractivity contribution in [1.29, 1.82) is 0 Å². The van der Waals surface area contributed by atoms with Crippen LogP contribution in [0.2, 0.25) is 0 Å². The van der Waals surface area contributed by atoms with E-state index in [0.717, 1.165) is 22.6 Å². The van der Waals surface area contributed by atoms with Crippen molar-refractivity contribution in [3.8, 4) is 5.75 Å². The summed E-state index contributed by atoms with van der Waals surface area (Å²) in [5.41, 5.74) is 3.78. The molecule has 0 spiro atoms. The largest absolute Gasteiger partial charge is 0.494 e. The predicted molar refractivity (Wildman–Crippen MR) is 103 cm³/mol. The van der Waals surface area contributed by atoms with Gasteiger partial charge in [0.2, 0.25) is 11.8 Å². The summed E-state index contributed by atoms with van der Waals surface area (Å²) in [4.78, 5) is 26.7. The molecule has 0 unspecified atom stereocenters. The summed E-state index contributed by atoms with van der Waals surface area (Å²) in [6.07, 6.45) is 0.232. The average Bonchev–Trinajstić information content (AvgIpc) is 2.98. The Morgan fingerprint density at radius 3 is 2.42 bits per heavy atom. The van der Waals surface area contributed by atoms with E-state index in [-0.39, 0.29) is 24.2 Å². The number of hydrogen-bond acceptors (Lipinski definition) is 3. The van der Waals surface area contributed by atoms with Gasteiger partial charge in [-0.05, 0) is 68.3 Å². The topological polar surface area (TPSA) is 58.6 Å². The van der Waals surface area contributed by atoms with Crippen LogP contribution in [-0.2, 0) is 9.59 Å². The molecule has 1 aliphatic heterocycles. The Hall–Kier alpha value is -2.82. The third-order valence-electron chi connectivity index (χ3n) is 4.45. The smallest absolute Gasteiger partial charge is 0.229 e. The molecule has 1 N–H and O–H groups in total. The van der Waals surface area contributed by atoms with Gasteiger partial charge < -0.3 is 15.0 Å². The van der Waals surface area contributed by atoms with Gasteiger partial charge >= 0.3 is 0 Å². The second kappa shape index (κ2) is 7.60. The number of hydrogen-bond donors (Lipinski definition) is 1. The van der Waals surface area contributed by atoms with Crippen LogP contribution in [-0.4, -0.2) is 25.0 Å². The van der Waals surface area contributed by atoms with Gasteiger partial charge in [0, 0.05) is 24.3 Å². The molecule has 5 heteroatoms. The molecule has 3 rings (SSSR count). The summed E-state index contributed by atoms with van der Waals surface area (Å²) in [6.45, 7) is 6.95. The first kappa shape index (κ1) is 18.0. The SMILES string of the molecule is CCOc1ccc(NC(=O)[C@@H]2CC(=O)N(c3cc(C)cc(C)c3)C2)cc1. The third kappa shape index (κ3) is 4.04. The van der Waals surface area contributed by atoms with E-state index in [2.05, 4.69) is 11.4 Å². The lowest BCUT2D eigenvalue weighted by Crippen LogP contribution is -2.28. The van der Waals surface area contributed by atoms with E-state index in [9.17, 15) is 9.59 Å². The molecule has 0 saturated carbocycles. The molecule has 2 amide bonds. The van der Waals surface area contributed by atoms with E-state index < -0.39 is 0 Å². The molecule has 5 nitrogen and oxygen atoms in total. The summed E-state index contributed by atoms with van der Waals surface area (Å²) >= 11 is 0. The Kier molecular flexibility index (Phi) is 5.26. The molecule has 1 heterocycles. The van der Waals surface area contributed by atoms with Gasteiger partial charge in [0.1, 0.15) is 5.75 Å². The van der Waals surface area contributed by atoms with E-state index in [4.69, 9.17) is 4.74 Å². The molecule has 0 aliphatic carbocycles. The van der Waals surface area contributed by atoms with Crippen LogP contribution in [0, 0.1) is 19.8 Å². The lowest BCUT2D eigenvalue weighted by molar-refractivity contribution is -0.122. The van der Waals surface area contributed by atoms with Crippen LogP contribution in [0.3, 0.4) is 0 Å². The molecule has 0 radical (unpaired) electrons. The number of carbonyl (C=O) groups is 2. The van der Waals surface area contributed by atoms with Gasteiger partial charge in [0.25, 0.3) is 0 Å². The van der Waals surface area contributed by atoms with Gasteiger partial charge in [0.15, 0.2) is 0 Å². The number of anilines is 2. The fourth-order valence-corrected chi connectivity index (χ4v) is 3.28. The Bertz CT molecular complexity index is 794. The first-order valence-electron chi connectivity index (χ1n) is 8.88. The number of amides is 2. The molecule has 136 valence electrons. The molecule has 0 aromatic heterocycles. The van der Waals surface area contributed by atoms with Gasteiger partial charge in [-0.2, -0.15) is 0 Å². The molecular formula is C21H24N2O3. The molecule has 1 atom stereocenters. The summed E-state index contributed by atoms with van der Waals surface area (Å²) < 4.78 is 5.40. The molecule has 2 aromatic carbocycles. The maximum absolute atomic E-state index is 12.6. The van der Waals surface area contributed by atoms with Gasteiger partial charge in [-0.25, -0.2) is 0 Å². The van der Waals surface area contributed by atoms with Crippen LogP contribution in [0.1, 0.15) is 24.5 Å². The number of nitrogens with zero attached hydrogens (tertiary/aromatic N) is 1. The highest BCUT2D eigenvalue weighted by Crippen LogP contribution is 2.28. The Morgan fingerprint density at radius 2 is 1.81 bits per heavy atom. The monoisotopic (exact) mass is 352 g/mol. The summed E-state index contributed by atoms with van der Waals surface area (Å²) in [5, 5.41) is 2.90. The minimum absolute atomic E-state index is 0.0122. The number of rotatable bonds is 5. The van der Waals surface area contributed by atoms with Gasteiger partial charge in [0.05, 0.1) is 12.5 Å². The summed E-state index contributed by atoms with van der Waals surface area (Å²) in [6, 6.07) is 13.3. The second-order valence-electron chi connectivity index (χ2n) is 6.70. The minimum Gasteiger partial charge on any atom is -0.494 e. The van der Waals surface area contributed by atoms with Crippen molar-refractivity contribution >= 4 is 23.2 Å². The van der Waals surface area contributed by atoms with Crippen molar-refractivity contribution in [3.05, 3.63) is 53.6 Å². The standard InChI is InChI=1S/C21H24N2O3/c1-4-26-19-7-5-17(6-8-19)22-21(25)16-12-20(24)23(13-16)18-10-14(2)9-15(3)11-18/h5-11,16H,4,12-13H2,1-3H3,(H,22,25)/t16-/m1/s1. The van der Waals surface area contributed by atoms with Gasteiger partial charge in [-0.1, -0.05) is 6.07 Å². The number of carbonyl (C=O) groups excluding carboxylic acids is 2. The summed E-state index contributed by atoms with van der Waals surface area (Å²) in [7, 11) is 0. The Balaban J connectivity index is 1.66. The van der Waals surface area contributed by atoms with Crippen molar-refractivity contribution in [2.45, 2.75) is 27.2 Å². The fourth-order valence-electron chi connectivity index (χ4n) is 3.28. The van der Waals surface area contributed by atoms with Crippen molar-refractivity contribution in [2.75, 3.05) is 23.4 Å². The van der Waals surface area contributed by atoms with E-state index >= 15 is 0 Å². The normalized spacial score (nSPS) is 16.7. The van der Waals surface area contributed by atoms with Crippen LogP contribution in [0.25, 0.3) is 0 Å². The van der Waals surface area contributed by atoms with Crippen molar-refractivity contribution in [1.82, 2.24) is 0 Å². The van der Waals surface area contributed by atoms with Crippen LogP contribution in [0.15, 0.2) is 42.5 Å². The van der Waals surface area contributed by atoms with Crippen molar-refractivity contribution < 1.29 is 14.3 Å². The Labute approximate surface area is 154 Å². The minimum atomic E-state index is -0.352. The van der Waals surface area contributed by atoms with Crippen LogP contribution >= 0.6 is 0 Å². The maximum Gasteiger partial charge on any atom is 0.229 e. The van der Waals surface area contributed by atoms with Crippen LogP contribution in [0.5, 0.6) is 5.75 Å². The van der Waals surface area contributed by atoms with Crippen molar-refractivity contribution in [3.63, 3.8) is 0 Å². The Morgan fingerprint density at radius 1 is 1.15 bits per heavy atom. The fraction of sp³-hybridized carbons (Fsp3) is 0.333. The average molecular weight is 352 g/mol. The van der Waals surface area contributed by atoms with E-state index in [1.54, 1.807) is 17.0 Å². The maximum atomic E-state index is 12.6. The van der Waals surface area contributed by atoms with E-state index in [1.165, 1.54) is 0 Å². The summed E-state index contributed by atoms with van der Waals surface area (Å²) in [5.74, 6) is 0.272. The lowest BCUT2D eigenvalue weighted by atomic mass is 10.1. The number of ether oxygens (including phenoxy) is 1. The highest BCUT2D eigenvalue weighted by atomic mass is 16.5. The first-order valence-corrected chi connectivity index (χ1v) is 8.88. The zero-order valence-corrected chi connectivity index (χ0v) is 15.4. The predicted octanol–water partition coefficient (Wildman–Crippen LogP) is 3.69.